The lowest BCUT2D eigenvalue weighted by Crippen LogP contribution is -2.32. The number of esters is 1. The maximum Gasteiger partial charge on any atom is 0.307 e. The Hall–Kier alpha value is -1.95. The molecule has 6 heteroatoms. The van der Waals surface area contributed by atoms with E-state index in [2.05, 4.69) is 5.32 Å². The Morgan fingerprint density at radius 2 is 1.95 bits per heavy atom. The van der Waals surface area contributed by atoms with Crippen LogP contribution in [0.1, 0.15) is 30.5 Å². The summed E-state index contributed by atoms with van der Waals surface area (Å²) in [6, 6.07) is 1.80. The van der Waals surface area contributed by atoms with E-state index in [0.29, 0.717) is 23.9 Å². The van der Waals surface area contributed by atoms with Crippen LogP contribution in [0.4, 0.5) is 0 Å². The SMILES string of the molecule is CCOC(=O)C[C@H]1NCCc2cc(OC)c(OC)c(OC)c21. The highest BCUT2D eigenvalue weighted by atomic mass is 16.5. The number of hydrogen-bond acceptors (Lipinski definition) is 6. The molecule has 1 heterocycles. The molecule has 0 unspecified atom stereocenters. The van der Waals surface area contributed by atoms with Crippen molar-refractivity contribution in [3.63, 3.8) is 0 Å². The molecule has 0 amide bonds. The maximum atomic E-state index is 11.8. The van der Waals surface area contributed by atoms with Crippen LogP contribution in [0.2, 0.25) is 0 Å². The van der Waals surface area contributed by atoms with E-state index in [1.807, 2.05) is 6.07 Å². The van der Waals surface area contributed by atoms with E-state index in [4.69, 9.17) is 18.9 Å². The van der Waals surface area contributed by atoms with E-state index in [9.17, 15) is 4.79 Å². The topological polar surface area (TPSA) is 66.0 Å². The zero-order valence-electron chi connectivity index (χ0n) is 13.5. The highest BCUT2D eigenvalue weighted by molar-refractivity contribution is 5.72. The van der Waals surface area contributed by atoms with Crippen LogP contribution in [-0.2, 0) is 16.0 Å². The van der Waals surface area contributed by atoms with Crippen LogP contribution >= 0.6 is 0 Å². The van der Waals surface area contributed by atoms with Gasteiger partial charge in [0.25, 0.3) is 0 Å². The minimum atomic E-state index is -0.232. The van der Waals surface area contributed by atoms with Crippen LogP contribution in [0.15, 0.2) is 6.07 Å². The molecule has 1 aliphatic rings. The van der Waals surface area contributed by atoms with Crippen molar-refractivity contribution in [3.05, 3.63) is 17.2 Å². The Morgan fingerprint density at radius 1 is 1.23 bits per heavy atom. The number of benzene rings is 1. The first-order chi connectivity index (χ1) is 10.7. The lowest BCUT2D eigenvalue weighted by molar-refractivity contribution is -0.143. The van der Waals surface area contributed by atoms with Crippen LogP contribution in [0.25, 0.3) is 0 Å². The quantitative estimate of drug-likeness (QED) is 0.809. The van der Waals surface area contributed by atoms with Gasteiger partial charge in [0, 0.05) is 11.6 Å². The Kier molecular flexibility index (Phi) is 5.49. The molecular formula is C16H23NO5. The average Bonchev–Trinajstić information content (AvgIpc) is 2.53. The number of methoxy groups -OCH3 is 3. The summed E-state index contributed by atoms with van der Waals surface area (Å²) in [7, 11) is 4.76. The second-order valence-electron chi connectivity index (χ2n) is 4.98. The predicted molar refractivity (Wildman–Crippen MR) is 81.8 cm³/mol. The van der Waals surface area contributed by atoms with Gasteiger partial charge in [0.15, 0.2) is 11.5 Å². The smallest absolute Gasteiger partial charge is 0.307 e. The fourth-order valence-electron chi connectivity index (χ4n) is 2.86. The Morgan fingerprint density at radius 3 is 2.55 bits per heavy atom. The average molecular weight is 309 g/mol. The van der Waals surface area contributed by atoms with E-state index in [-0.39, 0.29) is 18.4 Å². The van der Waals surface area contributed by atoms with Crippen molar-refractivity contribution in [2.75, 3.05) is 34.5 Å². The molecule has 0 aromatic heterocycles. The molecule has 1 aromatic carbocycles. The summed E-state index contributed by atoms with van der Waals surface area (Å²) in [5.74, 6) is 1.55. The van der Waals surface area contributed by atoms with E-state index in [1.165, 1.54) is 0 Å². The zero-order valence-corrected chi connectivity index (χ0v) is 13.5. The first-order valence-electron chi connectivity index (χ1n) is 7.36. The predicted octanol–water partition coefficient (Wildman–Crippen LogP) is 1.85. The van der Waals surface area contributed by atoms with Crippen molar-refractivity contribution < 1.29 is 23.7 Å². The fraction of sp³-hybridized carbons (Fsp3) is 0.562. The van der Waals surface area contributed by atoms with Crippen LogP contribution < -0.4 is 19.5 Å². The molecule has 6 nitrogen and oxygen atoms in total. The van der Waals surface area contributed by atoms with Crippen molar-refractivity contribution in [1.29, 1.82) is 0 Å². The molecule has 0 fully saturated rings. The van der Waals surface area contributed by atoms with Gasteiger partial charge < -0.3 is 24.3 Å². The Labute approximate surface area is 130 Å². The van der Waals surface area contributed by atoms with Crippen molar-refractivity contribution in [2.24, 2.45) is 0 Å². The van der Waals surface area contributed by atoms with Gasteiger partial charge in [-0.1, -0.05) is 0 Å². The summed E-state index contributed by atoms with van der Waals surface area (Å²) in [6.07, 6.45) is 1.10. The summed E-state index contributed by atoms with van der Waals surface area (Å²) >= 11 is 0. The van der Waals surface area contributed by atoms with Crippen molar-refractivity contribution >= 4 is 5.97 Å². The summed E-state index contributed by atoms with van der Waals surface area (Å²) < 4.78 is 21.4. The van der Waals surface area contributed by atoms with Gasteiger partial charge in [0.2, 0.25) is 5.75 Å². The second-order valence-corrected chi connectivity index (χ2v) is 4.98. The van der Waals surface area contributed by atoms with Gasteiger partial charge in [-0.25, -0.2) is 0 Å². The number of ether oxygens (including phenoxy) is 4. The minimum absolute atomic E-state index is 0.155. The van der Waals surface area contributed by atoms with Crippen LogP contribution in [0.3, 0.4) is 0 Å². The van der Waals surface area contributed by atoms with Crippen LogP contribution in [-0.4, -0.2) is 40.5 Å². The van der Waals surface area contributed by atoms with Gasteiger partial charge in [-0.3, -0.25) is 4.79 Å². The highest BCUT2D eigenvalue weighted by Crippen LogP contribution is 2.46. The van der Waals surface area contributed by atoms with Crippen molar-refractivity contribution in [1.82, 2.24) is 5.32 Å². The summed E-state index contributed by atoms with van der Waals surface area (Å²) in [6.45, 7) is 2.96. The molecule has 0 aliphatic carbocycles. The minimum Gasteiger partial charge on any atom is -0.493 e. The zero-order chi connectivity index (χ0) is 16.1. The van der Waals surface area contributed by atoms with Gasteiger partial charge in [0.05, 0.1) is 34.4 Å². The molecule has 2 rings (SSSR count). The van der Waals surface area contributed by atoms with E-state index >= 15 is 0 Å². The number of carbonyl (C=O) groups excluding carboxylic acids is 1. The maximum absolute atomic E-state index is 11.8. The van der Waals surface area contributed by atoms with E-state index in [0.717, 1.165) is 24.1 Å². The van der Waals surface area contributed by atoms with E-state index in [1.54, 1.807) is 28.3 Å². The number of hydrogen-bond donors (Lipinski definition) is 1. The number of rotatable bonds is 6. The molecule has 0 saturated carbocycles. The first kappa shape index (κ1) is 16.4. The molecule has 0 saturated heterocycles. The molecule has 1 N–H and O–H groups in total. The molecule has 0 bridgehead atoms. The number of nitrogens with one attached hydrogen (secondary N) is 1. The molecule has 122 valence electrons. The van der Waals surface area contributed by atoms with Crippen LogP contribution in [0, 0.1) is 0 Å². The first-order valence-corrected chi connectivity index (χ1v) is 7.36. The normalized spacial score (nSPS) is 16.6. The molecule has 0 radical (unpaired) electrons. The van der Waals surface area contributed by atoms with Gasteiger partial charge in [-0.15, -0.1) is 0 Å². The molecule has 1 aliphatic heterocycles. The van der Waals surface area contributed by atoms with Crippen molar-refractivity contribution in [3.8, 4) is 17.2 Å². The van der Waals surface area contributed by atoms with Gasteiger partial charge in [0.1, 0.15) is 0 Å². The second kappa shape index (κ2) is 7.35. The number of carbonyl (C=O) groups is 1. The molecular weight excluding hydrogens is 286 g/mol. The molecule has 1 atom stereocenters. The largest absolute Gasteiger partial charge is 0.493 e. The summed E-state index contributed by atoms with van der Waals surface area (Å²) in [5, 5.41) is 3.35. The molecule has 22 heavy (non-hydrogen) atoms. The summed E-state index contributed by atoms with van der Waals surface area (Å²) in [4.78, 5) is 11.8. The Bertz CT molecular complexity index is 544. The standard InChI is InChI=1S/C16H23NO5/c1-5-22-13(18)9-11-14-10(6-7-17-11)8-12(19-2)15(20-3)16(14)21-4/h8,11,17H,5-7,9H2,1-4H3/t11-/m1/s1. The third-order valence-corrected chi connectivity index (χ3v) is 3.76. The van der Waals surface area contributed by atoms with Crippen LogP contribution in [0.5, 0.6) is 17.2 Å². The molecule has 1 aromatic rings. The summed E-state index contributed by atoms with van der Waals surface area (Å²) in [5.41, 5.74) is 2.04. The molecule has 0 spiro atoms. The fourth-order valence-corrected chi connectivity index (χ4v) is 2.86. The Balaban J connectivity index is 2.45. The monoisotopic (exact) mass is 309 g/mol. The third-order valence-electron chi connectivity index (χ3n) is 3.76. The third kappa shape index (κ3) is 3.11. The van der Waals surface area contributed by atoms with Gasteiger partial charge >= 0.3 is 5.97 Å². The highest BCUT2D eigenvalue weighted by Gasteiger charge is 2.30. The van der Waals surface area contributed by atoms with Gasteiger partial charge in [-0.2, -0.15) is 0 Å². The lowest BCUT2D eigenvalue weighted by Gasteiger charge is -2.29. The van der Waals surface area contributed by atoms with Gasteiger partial charge in [-0.05, 0) is 31.5 Å². The van der Waals surface area contributed by atoms with E-state index < -0.39 is 0 Å². The van der Waals surface area contributed by atoms with Crippen molar-refractivity contribution in [2.45, 2.75) is 25.8 Å². The lowest BCUT2D eigenvalue weighted by atomic mass is 9.90. The number of fused-ring (bicyclic) bond motifs is 1.